The Labute approximate surface area is 119 Å². The number of nitrogens with two attached hydrogens (primary N) is 1. The summed E-state index contributed by atoms with van der Waals surface area (Å²) in [6.07, 6.45) is 0.283. The molecule has 0 aromatic heterocycles. The molecule has 0 amide bonds. The molecule has 0 saturated heterocycles. The van der Waals surface area contributed by atoms with Crippen molar-refractivity contribution in [2.24, 2.45) is 5.73 Å². The van der Waals surface area contributed by atoms with Gasteiger partial charge in [0.05, 0.1) is 6.10 Å². The summed E-state index contributed by atoms with van der Waals surface area (Å²) in [5, 5.41) is 10.5. The van der Waals surface area contributed by atoms with Crippen molar-refractivity contribution in [1.29, 1.82) is 0 Å². The van der Waals surface area contributed by atoms with Gasteiger partial charge in [0.15, 0.2) is 0 Å². The topological polar surface area (TPSA) is 46.2 Å². The van der Waals surface area contributed by atoms with E-state index in [4.69, 9.17) is 5.73 Å². The van der Waals surface area contributed by atoms with Crippen molar-refractivity contribution in [2.45, 2.75) is 25.4 Å². The Hall–Kier alpha value is -1.71. The molecule has 20 heavy (non-hydrogen) atoms. The standard InChI is InChI=1S/C17H20FNO/c1-2-12-3-5-14(6-4-12)17(20)16(11-19)13-7-9-15(18)10-8-13/h3-10,16-17,20H,2,11,19H2,1H3. The van der Waals surface area contributed by atoms with E-state index in [2.05, 4.69) is 6.92 Å². The van der Waals surface area contributed by atoms with Crippen molar-refractivity contribution in [3.05, 3.63) is 71.0 Å². The van der Waals surface area contributed by atoms with Crippen LogP contribution >= 0.6 is 0 Å². The molecule has 0 aliphatic carbocycles. The molecule has 3 N–H and O–H groups in total. The molecular formula is C17H20FNO. The number of aliphatic hydroxyl groups is 1. The number of hydrogen-bond acceptors (Lipinski definition) is 2. The lowest BCUT2D eigenvalue weighted by Crippen LogP contribution is -2.20. The van der Waals surface area contributed by atoms with E-state index in [1.165, 1.54) is 17.7 Å². The van der Waals surface area contributed by atoms with Gasteiger partial charge in [-0.25, -0.2) is 4.39 Å². The Morgan fingerprint density at radius 3 is 2.05 bits per heavy atom. The van der Waals surface area contributed by atoms with Gasteiger partial charge in [-0.15, -0.1) is 0 Å². The molecule has 2 atom stereocenters. The Balaban J connectivity index is 2.23. The molecule has 2 aromatic carbocycles. The van der Waals surface area contributed by atoms with Crippen LogP contribution < -0.4 is 5.73 Å². The number of rotatable bonds is 5. The van der Waals surface area contributed by atoms with Crippen molar-refractivity contribution in [1.82, 2.24) is 0 Å². The van der Waals surface area contributed by atoms with Crippen LogP contribution in [-0.4, -0.2) is 11.7 Å². The number of hydrogen-bond donors (Lipinski definition) is 2. The van der Waals surface area contributed by atoms with Crippen molar-refractivity contribution in [2.75, 3.05) is 6.54 Å². The van der Waals surface area contributed by atoms with Crippen molar-refractivity contribution in [3.8, 4) is 0 Å². The maximum atomic E-state index is 13.0. The first-order valence-corrected chi connectivity index (χ1v) is 6.88. The fourth-order valence-electron chi connectivity index (χ4n) is 2.34. The third-order valence-corrected chi connectivity index (χ3v) is 3.66. The lowest BCUT2D eigenvalue weighted by molar-refractivity contribution is 0.147. The largest absolute Gasteiger partial charge is 0.388 e. The first-order valence-electron chi connectivity index (χ1n) is 6.88. The predicted octanol–water partition coefficient (Wildman–Crippen LogP) is 3.16. The molecule has 0 radical (unpaired) electrons. The van der Waals surface area contributed by atoms with Crippen LogP contribution in [0, 0.1) is 5.82 Å². The van der Waals surface area contributed by atoms with E-state index < -0.39 is 6.10 Å². The summed E-state index contributed by atoms with van der Waals surface area (Å²) in [6.45, 7) is 2.40. The normalized spacial score (nSPS) is 14.0. The maximum Gasteiger partial charge on any atom is 0.123 e. The molecule has 106 valence electrons. The average Bonchev–Trinajstić information content (AvgIpc) is 2.50. The molecule has 0 spiro atoms. The highest BCUT2D eigenvalue weighted by Crippen LogP contribution is 2.30. The fraction of sp³-hybridized carbons (Fsp3) is 0.294. The second-order valence-corrected chi connectivity index (χ2v) is 4.93. The van der Waals surface area contributed by atoms with Crippen molar-refractivity contribution in [3.63, 3.8) is 0 Å². The molecular weight excluding hydrogens is 253 g/mol. The van der Waals surface area contributed by atoms with Crippen molar-refractivity contribution < 1.29 is 9.50 Å². The van der Waals surface area contributed by atoms with E-state index in [0.717, 1.165) is 17.5 Å². The summed E-state index contributed by atoms with van der Waals surface area (Å²) < 4.78 is 13.0. The highest BCUT2D eigenvalue weighted by atomic mass is 19.1. The summed E-state index contributed by atoms with van der Waals surface area (Å²) in [7, 11) is 0. The zero-order valence-corrected chi connectivity index (χ0v) is 11.6. The Kier molecular flexibility index (Phi) is 4.88. The minimum atomic E-state index is -0.684. The SMILES string of the molecule is CCc1ccc(C(O)C(CN)c2ccc(F)cc2)cc1. The third-order valence-electron chi connectivity index (χ3n) is 3.66. The van der Waals surface area contributed by atoms with Crippen LogP contribution in [0.4, 0.5) is 4.39 Å². The Bertz CT molecular complexity index is 536. The van der Waals surface area contributed by atoms with Gasteiger partial charge in [-0.2, -0.15) is 0 Å². The second kappa shape index (κ2) is 6.64. The zero-order valence-electron chi connectivity index (χ0n) is 11.6. The van der Waals surface area contributed by atoms with Crippen LogP contribution in [0.25, 0.3) is 0 Å². The highest BCUT2D eigenvalue weighted by molar-refractivity contribution is 5.29. The van der Waals surface area contributed by atoms with Crippen LogP contribution in [0.2, 0.25) is 0 Å². The van der Waals surface area contributed by atoms with Gasteiger partial charge in [-0.3, -0.25) is 0 Å². The van der Waals surface area contributed by atoms with Gasteiger partial charge < -0.3 is 10.8 Å². The van der Waals surface area contributed by atoms with Crippen LogP contribution in [0.3, 0.4) is 0 Å². The second-order valence-electron chi connectivity index (χ2n) is 4.93. The summed E-state index contributed by atoms with van der Waals surface area (Å²) in [6, 6.07) is 14.0. The lowest BCUT2D eigenvalue weighted by Gasteiger charge is -2.22. The van der Waals surface area contributed by atoms with Gasteiger partial charge >= 0.3 is 0 Å². The average molecular weight is 273 g/mol. The summed E-state index contributed by atoms with van der Waals surface area (Å²) in [5.74, 6) is -0.519. The van der Waals surface area contributed by atoms with Crippen molar-refractivity contribution >= 4 is 0 Å². The first-order chi connectivity index (χ1) is 9.65. The Morgan fingerprint density at radius 1 is 1.00 bits per heavy atom. The summed E-state index contributed by atoms with van der Waals surface area (Å²) in [4.78, 5) is 0. The molecule has 2 unspecified atom stereocenters. The van der Waals surface area contributed by atoms with Gasteiger partial charge in [-0.1, -0.05) is 43.3 Å². The van der Waals surface area contributed by atoms with Gasteiger partial charge in [0.1, 0.15) is 5.82 Å². The van der Waals surface area contributed by atoms with E-state index in [1.54, 1.807) is 12.1 Å². The van der Waals surface area contributed by atoms with Crippen LogP contribution in [0.5, 0.6) is 0 Å². The van der Waals surface area contributed by atoms with Crippen LogP contribution in [-0.2, 0) is 6.42 Å². The number of benzene rings is 2. The molecule has 3 heteroatoms. The quantitative estimate of drug-likeness (QED) is 0.879. The van der Waals surface area contributed by atoms with Crippen LogP contribution in [0.15, 0.2) is 48.5 Å². The molecule has 2 aromatic rings. The molecule has 0 bridgehead atoms. The molecule has 2 rings (SSSR count). The molecule has 0 saturated carbocycles. The van der Waals surface area contributed by atoms with E-state index in [0.29, 0.717) is 6.54 Å². The van der Waals surface area contributed by atoms with E-state index in [-0.39, 0.29) is 11.7 Å². The monoisotopic (exact) mass is 273 g/mol. The minimum absolute atomic E-state index is 0.233. The highest BCUT2D eigenvalue weighted by Gasteiger charge is 2.21. The number of aryl methyl sites for hydroxylation is 1. The van der Waals surface area contributed by atoms with Gasteiger partial charge in [0.2, 0.25) is 0 Å². The van der Waals surface area contributed by atoms with E-state index in [1.807, 2.05) is 24.3 Å². The predicted molar refractivity (Wildman–Crippen MR) is 79.0 cm³/mol. The third kappa shape index (κ3) is 3.24. The summed E-state index contributed by atoms with van der Waals surface area (Å²) in [5.41, 5.74) is 8.70. The first kappa shape index (κ1) is 14.7. The van der Waals surface area contributed by atoms with Crippen LogP contribution in [0.1, 0.15) is 35.6 Å². The molecule has 2 nitrogen and oxygen atoms in total. The minimum Gasteiger partial charge on any atom is -0.388 e. The number of aliphatic hydroxyl groups excluding tert-OH is 1. The Morgan fingerprint density at radius 2 is 1.55 bits per heavy atom. The summed E-state index contributed by atoms with van der Waals surface area (Å²) >= 11 is 0. The smallest absolute Gasteiger partial charge is 0.123 e. The van der Waals surface area contributed by atoms with Gasteiger partial charge in [0, 0.05) is 12.5 Å². The molecule has 0 aliphatic heterocycles. The maximum absolute atomic E-state index is 13.0. The van der Waals surface area contributed by atoms with Gasteiger partial charge in [-0.05, 0) is 35.2 Å². The molecule has 0 heterocycles. The lowest BCUT2D eigenvalue weighted by atomic mass is 9.89. The number of halogens is 1. The van der Waals surface area contributed by atoms with E-state index in [9.17, 15) is 9.50 Å². The van der Waals surface area contributed by atoms with E-state index >= 15 is 0 Å². The van der Waals surface area contributed by atoms with Gasteiger partial charge in [0.25, 0.3) is 0 Å². The fourth-order valence-corrected chi connectivity index (χ4v) is 2.34. The molecule has 0 aliphatic rings. The zero-order chi connectivity index (χ0) is 14.5. The molecule has 0 fully saturated rings.